The fourth-order valence-corrected chi connectivity index (χ4v) is 5.85. The Labute approximate surface area is 142 Å². The summed E-state index contributed by atoms with van der Waals surface area (Å²) in [5, 5.41) is 9.00. The molecule has 1 aromatic rings. The molecule has 0 unspecified atom stereocenters. The highest BCUT2D eigenvalue weighted by Gasteiger charge is 2.34. The summed E-state index contributed by atoms with van der Waals surface area (Å²) in [6.07, 6.45) is 3.68. The first-order chi connectivity index (χ1) is 9.87. The Morgan fingerprint density at radius 2 is 1.90 bits per heavy atom. The lowest BCUT2D eigenvalue weighted by atomic mass is 10.2. The first-order valence-electron chi connectivity index (χ1n) is 6.72. The Morgan fingerprint density at radius 3 is 2.48 bits per heavy atom. The van der Waals surface area contributed by atoms with E-state index in [9.17, 15) is 8.42 Å². The van der Waals surface area contributed by atoms with Crippen LogP contribution in [0.15, 0.2) is 26.0 Å². The number of rotatable bonds is 4. The van der Waals surface area contributed by atoms with E-state index in [4.69, 9.17) is 5.26 Å². The fraction of sp³-hybridized carbons (Fsp3) is 0.500. The molecule has 0 aromatic heterocycles. The predicted octanol–water partition coefficient (Wildman–Crippen LogP) is 3.98. The topological polar surface area (TPSA) is 61.2 Å². The van der Waals surface area contributed by atoms with Gasteiger partial charge >= 0.3 is 0 Å². The van der Waals surface area contributed by atoms with Crippen LogP contribution >= 0.6 is 31.9 Å². The van der Waals surface area contributed by atoms with Crippen molar-refractivity contribution >= 4 is 41.9 Å². The van der Waals surface area contributed by atoms with Gasteiger partial charge in [-0.05, 0) is 53.4 Å². The Hall–Kier alpha value is -0.420. The van der Waals surface area contributed by atoms with Crippen LogP contribution in [-0.2, 0) is 10.0 Å². The summed E-state index contributed by atoms with van der Waals surface area (Å²) < 4.78 is 28.5. The van der Waals surface area contributed by atoms with Crippen molar-refractivity contribution in [3.63, 3.8) is 0 Å². The second-order valence-corrected chi connectivity index (χ2v) is 8.75. The molecule has 0 saturated heterocycles. The molecule has 0 N–H and O–H groups in total. The fourth-order valence-electron chi connectivity index (χ4n) is 2.62. The SMILES string of the molecule is Cc1cc(Br)c(S(=O)(=O)N(CC#N)C2CCCC2)cc1Br. The van der Waals surface area contributed by atoms with Crippen molar-refractivity contribution in [1.82, 2.24) is 4.31 Å². The molecule has 0 amide bonds. The van der Waals surface area contributed by atoms with Crippen molar-refractivity contribution in [2.45, 2.75) is 43.5 Å². The molecule has 114 valence electrons. The first-order valence-corrected chi connectivity index (χ1v) is 9.75. The molecule has 4 nitrogen and oxygen atoms in total. The average Bonchev–Trinajstić information content (AvgIpc) is 2.93. The quantitative estimate of drug-likeness (QED) is 0.672. The molecule has 1 fully saturated rings. The van der Waals surface area contributed by atoms with E-state index in [0.29, 0.717) is 4.47 Å². The van der Waals surface area contributed by atoms with Gasteiger partial charge in [0.1, 0.15) is 6.54 Å². The zero-order valence-corrected chi connectivity index (χ0v) is 15.6. The van der Waals surface area contributed by atoms with E-state index in [1.807, 2.05) is 13.0 Å². The standard InChI is InChI=1S/C14H16Br2N2O2S/c1-10-8-13(16)14(9-12(10)15)21(19,20)18(7-6-17)11-4-2-3-5-11/h8-9,11H,2-5,7H2,1H3. The van der Waals surface area contributed by atoms with Crippen molar-refractivity contribution in [3.8, 4) is 6.07 Å². The molecule has 21 heavy (non-hydrogen) atoms. The molecule has 7 heteroatoms. The van der Waals surface area contributed by atoms with Crippen LogP contribution in [0, 0.1) is 18.3 Å². The molecular weight excluding hydrogens is 420 g/mol. The number of sulfonamides is 1. The van der Waals surface area contributed by atoms with Gasteiger partial charge in [0.2, 0.25) is 10.0 Å². The van der Waals surface area contributed by atoms with Gasteiger partial charge in [-0.1, -0.05) is 28.8 Å². The maximum Gasteiger partial charge on any atom is 0.245 e. The van der Waals surface area contributed by atoms with E-state index in [2.05, 4.69) is 31.9 Å². The number of aryl methyl sites for hydroxylation is 1. The molecule has 2 rings (SSSR count). The van der Waals surface area contributed by atoms with Crippen LogP contribution in [0.3, 0.4) is 0 Å². The average molecular weight is 436 g/mol. The van der Waals surface area contributed by atoms with Crippen LogP contribution in [0.5, 0.6) is 0 Å². The largest absolute Gasteiger partial charge is 0.245 e. The third-order valence-corrected chi connectivity index (χ3v) is 7.47. The Kier molecular flexibility index (Phi) is 5.47. The summed E-state index contributed by atoms with van der Waals surface area (Å²) in [6, 6.07) is 5.30. The van der Waals surface area contributed by atoms with Crippen LogP contribution in [0.25, 0.3) is 0 Å². The highest BCUT2D eigenvalue weighted by molar-refractivity contribution is 9.11. The second-order valence-electron chi connectivity index (χ2n) is 5.18. The van der Waals surface area contributed by atoms with Crippen molar-refractivity contribution in [2.75, 3.05) is 6.54 Å². The van der Waals surface area contributed by atoms with E-state index < -0.39 is 10.0 Å². The number of hydrogen-bond acceptors (Lipinski definition) is 3. The lowest BCUT2D eigenvalue weighted by molar-refractivity contribution is 0.350. The van der Waals surface area contributed by atoms with E-state index in [0.717, 1.165) is 35.7 Å². The number of halogens is 2. The second kappa shape index (κ2) is 6.78. The Morgan fingerprint density at radius 1 is 1.29 bits per heavy atom. The molecule has 1 aliphatic rings. The zero-order chi connectivity index (χ0) is 15.6. The molecule has 0 spiro atoms. The van der Waals surface area contributed by atoms with Gasteiger partial charge in [-0.2, -0.15) is 9.57 Å². The minimum Gasteiger partial charge on any atom is -0.207 e. The maximum atomic E-state index is 12.9. The van der Waals surface area contributed by atoms with Crippen LogP contribution in [0.2, 0.25) is 0 Å². The molecule has 0 radical (unpaired) electrons. The summed E-state index contributed by atoms with van der Waals surface area (Å²) in [5.41, 5.74) is 0.952. The summed E-state index contributed by atoms with van der Waals surface area (Å²) in [4.78, 5) is 0.210. The third-order valence-electron chi connectivity index (χ3n) is 3.76. The third kappa shape index (κ3) is 3.50. The molecule has 1 aromatic carbocycles. The Bertz CT molecular complexity index is 677. The molecule has 0 aliphatic heterocycles. The van der Waals surface area contributed by atoms with E-state index in [1.165, 1.54) is 4.31 Å². The first kappa shape index (κ1) is 16.9. The minimum absolute atomic E-state index is 0.0679. The van der Waals surface area contributed by atoms with Gasteiger partial charge in [0.05, 0.1) is 11.0 Å². The van der Waals surface area contributed by atoms with Crippen molar-refractivity contribution < 1.29 is 8.42 Å². The highest BCUT2D eigenvalue weighted by Crippen LogP contribution is 2.34. The van der Waals surface area contributed by atoms with Gasteiger partial charge in [0.25, 0.3) is 0 Å². The van der Waals surface area contributed by atoms with Gasteiger partial charge in [-0.15, -0.1) is 0 Å². The molecule has 0 bridgehead atoms. The minimum atomic E-state index is -3.68. The highest BCUT2D eigenvalue weighted by atomic mass is 79.9. The summed E-state index contributed by atoms with van der Waals surface area (Å²) in [7, 11) is -3.68. The normalized spacial score (nSPS) is 16.3. The molecular formula is C14H16Br2N2O2S. The van der Waals surface area contributed by atoms with Gasteiger partial charge in [0, 0.05) is 15.0 Å². The van der Waals surface area contributed by atoms with Gasteiger partial charge < -0.3 is 0 Å². The summed E-state index contributed by atoms with van der Waals surface area (Å²) in [5.74, 6) is 0. The van der Waals surface area contributed by atoms with Gasteiger partial charge in [-0.25, -0.2) is 8.42 Å². The number of nitrogens with zero attached hydrogens (tertiary/aromatic N) is 2. The van der Waals surface area contributed by atoms with Crippen molar-refractivity contribution in [1.29, 1.82) is 5.26 Å². The summed E-state index contributed by atoms with van der Waals surface area (Å²) in [6.45, 7) is 1.79. The lowest BCUT2D eigenvalue weighted by Gasteiger charge is -2.26. The predicted molar refractivity (Wildman–Crippen MR) is 88.3 cm³/mol. The lowest BCUT2D eigenvalue weighted by Crippen LogP contribution is -2.39. The Balaban J connectivity index is 2.48. The number of hydrogen-bond donors (Lipinski definition) is 0. The molecule has 1 aliphatic carbocycles. The van der Waals surface area contributed by atoms with Crippen LogP contribution < -0.4 is 0 Å². The van der Waals surface area contributed by atoms with Gasteiger partial charge in [-0.3, -0.25) is 0 Å². The molecule has 0 atom stereocenters. The van der Waals surface area contributed by atoms with Crippen molar-refractivity contribution in [2.24, 2.45) is 0 Å². The van der Waals surface area contributed by atoms with Crippen LogP contribution in [0.4, 0.5) is 0 Å². The van der Waals surface area contributed by atoms with E-state index in [-0.39, 0.29) is 17.5 Å². The molecule has 1 saturated carbocycles. The molecule has 0 heterocycles. The van der Waals surface area contributed by atoms with Crippen LogP contribution in [-0.4, -0.2) is 25.3 Å². The number of benzene rings is 1. The number of nitriles is 1. The van der Waals surface area contributed by atoms with E-state index in [1.54, 1.807) is 12.1 Å². The van der Waals surface area contributed by atoms with Gasteiger partial charge in [0.15, 0.2) is 0 Å². The summed E-state index contributed by atoms with van der Waals surface area (Å²) >= 11 is 6.71. The van der Waals surface area contributed by atoms with E-state index >= 15 is 0 Å². The maximum absolute atomic E-state index is 12.9. The monoisotopic (exact) mass is 434 g/mol. The zero-order valence-electron chi connectivity index (χ0n) is 11.6. The smallest absolute Gasteiger partial charge is 0.207 e. The van der Waals surface area contributed by atoms with Crippen molar-refractivity contribution in [3.05, 3.63) is 26.6 Å². The van der Waals surface area contributed by atoms with Crippen LogP contribution in [0.1, 0.15) is 31.2 Å².